The second-order valence-electron chi connectivity index (χ2n) is 8.12. The molecule has 1 saturated heterocycles. The zero-order valence-electron chi connectivity index (χ0n) is 16.8. The predicted molar refractivity (Wildman–Crippen MR) is 107 cm³/mol. The Labute approximate surface area is 180 Å². The van der Waals surface area contributed by atoms with Crippen molar-refractivity contribution in [3.63, 3.8) is 0 Å². The van der Waals surface area contributed by atoms with Gasteiger partial charge in [0.2, 0.25) is 0 Å². The van der Waals surface area contributed by atoms with E-state index in [2.05, 4.69) is 14.7 Å². The number of aromatic nitrogens is 2. The minimum absolute atomic E-state index is 0.150. The van der Waals surface area contributed by atoms with Gasteiger partial charge in [-0.15, -0.1) is 13.2 Å². The lowest BCUT2D eigenvalue weighted by Gasteiger charge is -2.38. The number of amides is 1. The number of hydrogen-bond acceptors (Lipinski definition) is 4. The second kappa shape index (κ2) is 7.39. The largest absolute Gasteiger partial charge is 0.573 e. The van der Waals surface area contributed by atoms with E-state index in [1.54, 1.807) is 12.1 Å². The highest BCUT2D eigenvalue weighted by atomic mass is 19.4. The van der Waals surface area contributed by atoms with Gasteiger partial charge in [-0.2, -0.15) is 0 Å². The van der Waals surface area contributed by atoms with Crippen molar-refractivity contribution in [3.8, 4) is 5.75 Å². The molecular weight excluding hydrogens is 430 g/mol. The van der Waals surface area contributed by atoms with E-state index in [1.807, 2.05) is 0 Å². The molecule has 0 radical (unpaired) electrons. The first-order chi connectivity index (χ1) is 15.2. The number of hydrogen-bond donors (Lipinski definition) is 1. The summed E-state index contributed by atoms with van der Waals surface area (Å²) < 4.78 is 61.8. The molecule has 10 heteroatoms. The molecule has 0 bridgehead atoms. The second-order valence-corrected chi connectivity index (χ2v) is 8.12. The molecule has 168 valence electrons. The summed E-state index contributed by atoms with van der Waals surface area (Å²) in [7, 11) is 0. The number of para-hydroxylation sites is 1. The zero-order chi connectivity index (χ0) is 22.5. The van der Waals surface area contributed by atoms with Crippen LogP contribution in [0.4, 0.5) is 28.0 Å². The van der Waals surface area contributed by atoms with Crippen molar-refractivity contribution in [2.75, 3.05) is 11.4 Å². The van der Waals surface area contributed by atoms with Crippen molar-refractivity contribution in [1.82, 2.24) is 9.97 Å². The minimum atomic E-state index is -4.79. The summed E-state index contributed by atoms with van der Waals surface area (Å²) in [6.07, 6.45) is -2.46. The zero-order valence-corrected chi connectivity index (χ0v) is 16.8. The number of fused-ring (bicyclic) bond motifs is 1. The maximum atomic E-state index is 14.3. The first-order valence-electron chi connectivity index (χ1n) is 10.2. The lowest BCUT2D eigenvalue weighted by molar-refractivity contribution is -0.274. The number of ether oxygens (including phenoxy) is 2. The smallest absolute Gasteiger partial charge is 0.440 e. The van der Waals surface area contributed by atoms with E-state index >= 15 is 0 Å². The van der Waals surface area contributed by atoms with Gasteiger partial charge >= 0.3 is 12.5 Å². The van der Waals surface area contributed by atoms with Gasteiger partial charge in [0.1, 0.15) is 23.0 Å². The summed E-state index contributed by atoms with van der Waals surface area (Å²) >= 11 is 0. The number of imidazole rings is 1. The van der Waals surface area contributed by atoms with Crippen molar-refractivity contribution in [2.45, 2.75) is 43.6 Å². The molecule has 2 aliphatic rings. The quantitative estimate of drug-likeness (QED) is 0.525. The monoisotopic (exact) mass is 449 g/mol. The molecule has 1 N–H and O–H groups in total. The van der Waals surface area contributed by atoms with Crippen molar-refractivity contribution < 1.29 is 31.8 Å². The number of benzene rings is 2. The molecule has 6 nitrogen and oxygen atoms in total. The number of alkyl halides is 3. The van der Waals surface area contributed by atoms with E-state index < -0.39 is 23.9 Å². The van der Waals surface area contributed by atoms with Crippen LogP contribution in [0.25, 0.3) is 11.0 Å². The van der Waals surface area contributed by atoms with Crippen LogP contribution in [0, 0.1) is 5.82 Å². The fourth-order valence-corrected chi connectivity index (χ4v) is 4.73. The highest BCUT2D eigenvalue weighted by Gasteiger charge is 2.53. The molecule has 1 amide bonds. The van der Waals surface area contributed by atoms with Gasteiger partial charge in [0.05, 0.1) is 29.2 Å². The number of anilines is 1. The number of carbonyl (C=O) groups excluding carboxylic acids is 1. The summed E-state index contributed by atoms with van der Waals surface area (Å²) in [4.78, 5) is 21.6. The highest BCUT2D eigenvalue weighted by Crippen LogP contribution is 2.47. The Kier molecular flexibility index (Phi) is 4.75. The third-order valence-corrected chi connectivity index (χ3v) is 6.09. The number of nitrogens with one attached hydrogen (secondary N) is 1. The molecule has 1 aliphatic carbocycles. The first-order valence-corrected chi connectivity index (χ1v) is 10.2. The Morgan fingerprint density at radius 1 is 1.19 bits per heavy atom. The van der Waals surface area contributed by atoms with Crippen molar-refractivity contribution in [3.05, 3.63) is 54.1 Å². The number of carbonyl (C=O) groups is 1. The van der Waals surface area contributed by atoms with Gasteiger partial charge < -0.3 is 14.5 Å². The number of nitrogens with zero attached hydrogens (tertiary/aromatic N) is 2. The Hall–Kier alpha value is -3.30. The fraction of sp³-hybridized carbons (Fsp3) is 0.364. The lowest BCUT2D eigenvalue weighted by atomic mass is 9.74. The fourth-order valence-electron chi connectivity index (χ4n) is 4.73. The van der Waals surface area contributed by atoms with Gasteiger partial charge in [-0.05, 0) is 43.5 Å². The van der Waals surface area contributed by atoms with Gasteiger partial charge in [0, 0.05) is 6.07 Å². The normalized spacial score (nSPS) is 23.7. The molecule has 32 heavy (non-hydrogen) atoms. The van der Waals surface area contributed by atoms with Crippen LogP contribution in [-0.2, 0) is 4.74 Å². The van der Waals surface area contributed by atoms with E-state index in [0.717, 1.165) is 12.8 Å². The summed E-state index contributed by atoms with van der Waals surface area (Å²) in [5, 5.41) is 0. The van der Waals surface area contributed by atoms with Gasteiger partial charge in [-0.25, -0.2) is 14.2 Å². The average Bonchev–Trinajstić information content (AvgIpc) is 3.28. The minimum Gasteiger partial charge on any atom is -0.440 e. The Morgan fingerprint density at radius 3 is 2.78 bits per heavy atom. The van der Waals surface area contributed by atoms with Crippen LogP contribution in [0.15, 0.2) is 42.5 Å². The molecule has 3 aromatic rings. The van der Waals surface area contributed by atoms with Gasteiger partial charge in [-0.3, -0.25) is 4.90 Å². The van der Waals surface area contributed by atoms with Crippen LogP contribution in [-0.4, -0.2) is 34.6 Å². The molecule has 2 atom stereocenters. The maximum Gasteiger partial charge on any atom is 0.573 e. The van der Waals surface area contributed by atoms with Crippen molar-refractivity contribution in [1.29, 1.82) is 0 Å². The molecule has 5 rings (SSSR count). The topological polar surface area (TPSA) is 67.5 Å². The molecule has 1 spiro atoms. The first kappa shape index (κ1) is 20.6. The third-order valence-electron chi connectivity index (χ3n) is 6.09. The summed E-state index contributed by atoms with van der Waals surface area (Å²) in [6, 6.07) is 9.88. The average molecular weight is 449 g/mol. The van der Waals surface area contributed by atoms with E-state index in [-0.39, 0.29) is 23.9 Å². The molecular formula is C22H19F4N3O3. The van der Waals surface area contributed by atoms with Crippen LogP contribution < -0.4 is 9.64 Å². The van der Waals surface area contributed by atoms with Gasteiger partial charge in [-0.1, -0.05) is 18.6 Å². The molecule has 2 aromatic carbocycles. The van der Waals surface area contributed by atoms with Crippen LogP contribution in [0.2, 0.25) is 0 Å². The summed E-state index contributed by atoms with van der Waals surface area (Å²) in [6.45, 7) is 0.164. The Balaban J connectivity index is 1.48. The SMILES string of the molecule is O=C1O[C@@]2(CCCC[C@H]2c2nc3ccc(OC(F)(F)F)cc3[nH]2)CN1c1ccccc1F. The summed E-state index contributed by atoms with van der Waals surface area (Å²) in [5.74, 6) is -0.658. The van der Waals surface area contributed by atoms with Crippen LogP contribution in [0.1, 0.15) is 37.4 Å². The van der Waals surface area contributed by atoms with Gasteiger partial charge in [0.25, 0.3) is 0 Å². The Bertz CT molecular complexity index is 1180. The van der Waals surface area contributed by atoms with Crippen molar-refractivity contribution >= 4 is 22.8 Å². The molecule has 2 fully saturated rings. The number of rotatable bonds is 3. The third kappa shape index (κ3) is 3.63. The van der Waals surface area contributed by atoms with Crippen LogP contribution in [0.5, 0.6) is 5.75 Å². The van der Waals surface area contributed by atoms with E-state index in [1.165, 1.54) is 35.2 Å². The lowest BCUT2D eigenvalue weighted by Crippen LogP contribution is -2.43. The van der Waals surface area contributed by atoms with E-state index in [4.69, 9.17) is 4.74 Å². The molecule has 1 aromatic heterocycles. The molecule has 2 heterocycles. The van der Waals surface area contributed by atoms with E-state index in [0.29, 0.717) is 29.7 Å². The predicted octanol–water partition coefficient (Wildman–Crippen LogP) is 5.65. The number of H-pyrrole nitrogens is 1. The molecule has 1 saturated carbocycles. The summed E-state index contributed by atoms with van der Waals surface area (Å²) in [5.41, 5.74) is 0.108. The van der Waals surface area contributed by atoms with E-state index in [9.17, 15) is 22.4 Å². The molecule has 1 aliphatic heterocycles. The molecule has 0 unspecified atom stereocenters. The van der Waals surface area contributed by atoms with Crippen LogP contribution in [0.3, 0.4) is 0 Å². The van der Waals surface area contributed by atoms with Crippen molar-refractivity contribution in [2.24, 2.45) is 0 Å². The standard InChI is InChI=1S/C22H19F4N3O3/c23-15-6-1-2-7-18(15)29-12-21(32-20(29)30)10-4-3-5-14(21)19-27-16-9-8-13(11-17(16)28-19)31-22(24,25)26/h1-2,6-9,11,14H,3-5,10,12H2,(H,27,28)/t14-,21-/m0/s1. The maximum absolute atomic E-state index is 14.3. The van der Waals surface area contributed by atoms with Gasteiger partial charge in [0.15, 0.2) is 0 Å². The number of halogens is 4. The number of aromatic amines is 1. The Morgan fingerprint density at radius 2 is 2.00 bits per heavy atom. The highest BCUT2D eigenvalue weighted by molar-refractivity contribution is 5.90. The van der Waals surface area contributed by atoms with Crippen LogP contribution >= 0.6 is 0 Å².